The Balaban J connectivity index is 3.12. The Labute approximate surface area is 155 Å². The van der Waals surface area contributed by atoms with Crippen LogP contribution in [-0.4, -0.2) is 39.9 Å². The van der Waals surface area contributed by atoms with Gasteiger partial charge in [0.2, 0.25) is 5.60 Å². The third kappa shape index (κ3) is 5.03. The first-order valence-corrected chi connectivity index (χ1v) is 8.17. The van der Waals surface area contributed by atoms with Gasteiger partial charge in [-0.05, 0) is 19.1 Å². The third-order valence-corrected chi connectivity index (χ3v) is 4.65. The fourth-order valence-electron chi connectivity index (χ4n) is 1.66. The second kappa shape index (κ2) is 8.62. The number of carboxylic acids is 1. The van der Waals surface area contributed by atoms with Crippen molar-refractivity contribution in [3.8, 4) is 12.3 Å². The molecule has 2 unspecified atom stereocenters. The zero-order chi connectivity index (χ0) is 20.1. The predicted molar refractivity (Wildman–Crippen MR) is 90.9 cm³/mol. The van der Waals surface area contributed by atoms with E-state index < -0.39 is 29.5 Å². The highest BCUT2D eigenvalue weighted by molar-refractivity contribution is 7.99. The number of aliphatic carboxylic acids is 1. The molecule has 0 spiro atoms. The van der Waals surface area contributed by atoms with Crippen LogP contribution >= 0.6 is 23.4 Å². The standard InChI is InChI=1S/C15H13ClF4N2O3S/c1-3-4-26-12-6-11(10(17)5-9(12)16)22-21-7-14(25,15(18,19)20)8(2)13(23)24/h1,5-8,22,25H,4H2,2H3,(H,23,24)/b21-7+. The Morgan fingerprint density at radius 1 is 1.54 bits per heavy atom. The minimum atomic E-state index is -5.32. The molecule has 0 aliphatic heterocycles. The number of terminal acetylenes is 1. The van der Waals surface area contributed by atoms with Gasteiger partial charge in [-0.25, -0.2) is 4.39 Å². The van der Waals surface area contributed by atoms with Gasteiger partial charge in [-0.1, -0.05) is 17.5 Å². The van der Waals surface area contributed by atoms with Crippen LogP contribution in [0.25, 0.3) is 0 Å². The average Bonchev–Trinajstić information content (AvgIpc) is 2.53. The summed E-state index contributed by atoms with van der Waals surface area (Å²) in [6, 6.07) is 2.08. The van der Waals surface area contributed by atoms with E-state index in [1.165, 1.54) is 6.07 Å². The molecule has 0 radical (unpaired) electrons. The van der Waals surface area contributed by atoms with E-state index in [0.717, 1.165) is 17.8 Å². The van der Waals surface area contributed by atoms with Gasteiger partial charge in [-0.3, -0.25) is 10.2 Å². The van der Waals surface area contributed by atoms with Crippen LogP contribution in [0.3, 0.4) is 0 Å². The molecule has 1 aromatic rings. The van der Waals surface area contributed by atoms with Crippen LogP contribution in [0.4, 0.5) is 23.2 Å². The normalized spacial score (nSPS) is 15.3. The number of nitrogens with zero attached hydrogens (tertiary/aromatic N) is 1. The predicted octanol–water partition coefficient (Wildman–Crippen LogP) is 3.62. The maximum absolute atomic E-state index is 13.8. The minimum absolute atomic E-state index is 0.0336. The molecular weight excluding hydrogens is 400 g/mol. The molecule has 5 nitrogen and oxygen atoms in total. The van der Waals surface area contributed by atoms with Crippen LogP contribution in [0.5, 0.6) is 0 Å². The molecule has 3 N–H and O–H groups in total. The van der Waals surface area contributed by atoms with Gasteiger partial charge in [0.1, 0.15) is 5.82 Å². The molecule has 0 bridgehead atoms. The topological polar surface area (TPSA) is 81.9 Å². The van der Waals surface area contributed by atoms with E-state index in [2.05, 4.69) is 11.0 Å². The van der Waals surface area contributed by atoms with Crippen molar-refractivity contribution in [2.75, 3.05) is 11.2 Å². The maximum Gasteiger partial charge on any atom is 0.423 e. The highest BCUT2D eigenvalue weighted by atomic mass is 35.5. The number of anilines is 1. The fraction of sp³-hybridized carbons (Fsp3) is 0.333. The zero-order valence-corrected chi connectivity index (χ0v) is 14.7. The van der Waals surface area contributed by atoms with Crippen LogP contribution < -0.4 is 5.43 Å². The van der Waals surface area contributed by atoms with E-state index in [1.807, 2.05) is 5.43 Å². The van der Waals surface area contributed by atoms with E-state index in [9.17, 15) is 27.5 Å². The van der Waals surface area contributed by atoms with Crippen molar-refractivity contribution in [3.05, 3.63) is 23.0 Å². The van der Waals surface area contributed by atoms with Crippen molar-refractivity contribution in [3.63, 3.8) is 0 Å². The van der Waals surface area contributed by atoms with Crippen molar-refractivity contribution in [1.82, 2.24) is 0 Å². The molecule has 0 amide bonds. The number of carboxylic acid groups (broad SMARTS) is 1. The second-order valence-electron chi connectivity index (χ2n) is 5.01. The second-order valence-corrected chi connectivity index (χ2v) is 6.43. The van der Waals surface area contributed by atoms with E-state index in [-0.39, 0.29) is 22.7 Å². The number of benzene rings is 1. The SMILES string of the molecule is C#CCSc1cc(N/N=C/C(O)(C(C)C(=O)O)C(F)(F)F)c(F)cc1Cl. The van der Waals surface area contributed by atoms with E-state index >= 15 is 0 Å². The number of rotatable bonds is 7. The van der Waals surface area contributed by atoms with Crippen LogP contribution in [0, 0.1) is 24.1 Å². The van der Waals surface area contributed by atoms with Gasteiger partial charge >= 0.3 is 12.1 Å². The molecule has 11 heteroatoms. The van der Waals surface area contributed by atoms with Gasteiger partial charge in [0.05, 0.1) is 28.6 Å². The van der Waals surface area contributed by atoms with Crippen LogP contribution in [0.2, 0.25) is 5.02 Å². The third-order valence-electron chi connectivity index (χ3n) is 3.26. The van der Waals surface area contributed by atoms with Crippen molar-refractivity contribution in [2.45, 2.75) is 23.6 Å². The average molecular weight is 413 g/mol. The van der Waals surface area contributed by atoms with Gasteiger partial charge in [0, 0.05) is 4.90 Å². The molecule has 142 valence electrons. The Morgan fingerprint density at radius 3 is 2.65 bits per heavy atom. The van der Waals surface area contributed by atoms with Gasteiger partial charge < -0.3 is 10.2 Å². The number of halogens is 5. The molecule has 1 aromatic carbocycles. The zero-order valence-electron chi connectivity index (χ0n) is 13.1. The molecule has 0 fully saturated rings. The number of hydrogen-bond donors (Lipinski definition) is 3. The summed E-state index contributed by atoms with van der Waals surface area (Å²) in [5.41, 5.74) is -2.09. The molecule has 0 aromatic heterocycles. The molecule has 1 rings (SSSR count). The number of alkyl halides is 3. The lowest BCUT2D eigenvalue weighted by molar-refractivity contribution is -0.245. The monoisotopic (exact) mass is 412 g/mol. The minimum Gasteiger partial charge on any atom is -0.481 e. The molecule has 0 aliphatic carbocycles. The summed E-state index contributed by atoms with van der Waals surface area (Å²) >= 11 is 6.92. The lowest BCUT2D eigenvalue weighted by Crippen LogP contribution is -2.54. The number of thioether (sulfide) groups is 1. The highest BCUT2D eigenvalue weighted by Gasteiger charge is 2.58. The number of nitrogens with one attached hydrogen (secondary N) is 1. The molecule has 26 heavy (non-hydrogen) atoms. The van der Waals surface area contributed by atoms with E-state index in [4.69, 9.17) is 23.1 Å². The summed E-state index contributed by atoms with van der Waals surface area (Å²) < 4.78 is 52.9. The number of hydrazone groups is 1. The van der Waals surface area contributed by atoms with Crippen molar-refractivity contribution >= 4 is 41.2 Å². The summed E-state index contributed by atoms with van der Waals surface area (Å²) in [6.45, 7) is 0.666. The Morgan fingerprint density at radius 2 is 2.15 bits per heavy atom. The Hall–Kier alpha value is -1.96. The van der Waals surface area contributed by atoms with Gasteiger partial charge in [0.15, 0.2) is 0 Å². The lowest BCUT2D eigenvalue weighted by atomic mass is 9.89. The van der Waals surface area contributed by atoms with E-state index in [0.29, 0.717) is 11.8 Å². The fourth-order valence-corrected chi connectivity index (χ4v) is 2.61. The van der Waals surface area contributed by atoms with Gasteiger partial charge in [-0.15, -0.1) is 18.2 Å². The molecule has 0 saturated carbocycles. The summed E-state index contributed by atoms with van der Waals surface area (Å²) in [4.78, 5) is 11.2. The van der Waals surface area contributed by atoms with E-state index in [1.54, 1.807) is 0 Å². The summed E-state index contributed by atoms with van der Waals surface area (Å²) in [6.07, 6.45) is -0.244. The van der Waals surface area contributed by atoms with Crippen LogP contribution in [-0.2, 0) is 4.79 Å². The first-order valence-electron chi connectivity index (χ1n) is 6.81. The number of aliphatic hydroxyl groups is 1. The molecule has 0 saturated heterocycles. The first kappa shape index (κ1) is 22.1. The van der Waals surface area contributed by atoms with Crippen molar-refractivity contribution in [1.29, 1.82) is 0 Å². The number of hydrogen-bond acceptors (Lipinski definition) is 5. The number of carbonyl (C=O) groups is 1. The largest absolute Gasteiger partial charge is 0.481 e. The maximum atomic E-state index is 13.8. The summed E-state index contributed by atoms with van der Waals surface area (Å²) in [7, 11) is 0. The summed E-state index contributed by atoms with van der Waals surface area (Å²) in [5, 5.41) is 21.7. The molecule has 2 atom stereocenters. The molecule has 0 aliphatic rings. The first-order chi connectivity index (χ1) is 11.9. The molecule has 0 heterocycles. The summed E-state index contributed by atoms with van der Waals surface area (Å²) in [5.74, 6) is -2.50. The Kier molecular flexibility index (Phi) is 7.32. The van der Waals surface area contributed by atoms with Crippen LogP contribution in [0.1, 0.15) is 6.92 Å². The van der Waals surface area contributed by atoms with Crippen LogP contribution in [0.15, 0.2) is 22.1 Å². The van der Waals surface area contributed by atoms with Gasteiger partial charge in [0.25, 0.3) is 0 Å². The van der Waals surface area contributed by atoms with Gasteiger partial charge in [-0.2, -0.15) is 18.3 Å². The lowest BCUT2D eigenvalue weighted by Gasteiger charge is -2.29. The smallest absolute Gasteiger partial charge is 0.423 e. The molecular formula is C15H13ClF4N2O3S. The van der Waals surface area contributed by atoms with Crippen molar-refractivity contribution in [2.24, 2.45) is 11.0 Å². The highest BCUT2D eigenvalue weighted by Crippen LogP contribution is 2.36. The Bertz CT molecular complexity index is 752. The quantitative estimate of drug-likeness (QED) is 0.209. The van der Waals surface area contributed by atoms with Crippen molar-refractivity contribution < 1.29 is 32.6 Å².